The van der Waals surface area contributed by atoms with Gasteiger partial charge >= 0.3 is 0 Å². The third-order valence-electron chi connectivity index (χ3n) is 4.10. The molecule has 0 aliphatic heterocycles. The molecule has 0 radical (unpaired) electrons. The van der Waals surface area contributed by atoms with E-state index in [0.717, 1.165) is 5.69 Å². The molecule has 21 heavy (non-hydrogen) atoms. The SMILES string of the molecule is C=C(c1ccc(-c2ccc(N)cc2)cc1)C1CCC1.CC.[HH]. The van der Waals surface area contributed by atoms with Crippen LogP contribution in [0.4, 0.5) is 5.69 Å². The molecule has 0 atom stereocenters. The highest BCUT2D eigenvalue weighted by Gasteiger charge is 2.21. The molecular formula is C20H27N. The molecule has 3 rings (SSSR count). The number of allylic oxidation sites excluding steroid dienone is 1. The third kappa shape index (κ3) is 3.55. The van der Waals surface area contributed by atoms with Crippen LogP contribution in [-0.4, -0.2) is 0 Å². The van der Waals surface area contributed by atoms with Gasteiger partial charge in [-0.2, -0.15) is 0 Å². The molecule has 0 unspecified atom stereocenters. The fourth-order valence-electron chi connectivity index (χ4n) is 2.54. The van der Waals surface area contributed by atoms with Crippen molar-refractivity contribution in [2.24, 2.45) is 5.92 Å². The van der Waals surface area contributed by atoms with Crippen LogP contribution in [0.2, 0.25) is 0 Å². The molecule has 1 aliphatic carbocycles. The number of rotatable bonds is 3. The molecule has 1 aliphatic rings. The Bertz CT molecular complexity index is 580. The van der Waals surface area contributed by atoms with E-state index in [1.54, 1.807) is 0 Å². The van der Waals surface area contributed by atoms with E-state index in [0.29, 0.717) is 5.92 Å². The fraction of sp³-hybridized carbons (Fsp3) is 0.300. The Kier molecular flexibility index (Phi) is 5.21. The van der Waals surface area contributed by atoms with Crippen molar-refractivity contribution in [1.82, 2.24) is 0 Å². The quantitative estimate of drug-likeness (QED) is 0.684. The summed E-state index contributed by atoms with van der Waals surface area (Å²) < 4.78 is 0. The highest BCUT2D eigenvalue weighted by molar-refractivity contribution is 5.71. The number of anilines is 1. The Morgan fingerprint density at radius 1 is 0.952 bits per heavy atom. The first-order chi connectivity index (χ1) is 10.2. The van der Waals surface area contributed by atoms with E-state index >= 15 is 0 Å². The fourth-order valence-corrected chi connectivity index (χ4v) is 2.54. The Morgan fingerprint density at radius 2 is 1.43 bits per heavy atom. The van der Waals surface area contributed by atoms with E-state index in [1.807, 2.05) is 26.0 Å². The third-order valence-corrected chi connectivity index (χ3v) is 4.10. The van der Waals surface area contributed by atoms with Crippen molar-refractivity contribution in [1.29, 1.82) is 0 Å². The Labute approximate surface area is 130 Å². The lowest BCUT2D eigenvalue weighted by Gasteiger charge is -2.27. The van der Waals surface area contributed by atoms with Gasteiger partial charge in [-0.25, -0.2) is 0 Å². The molecule has 0 heterocycles. The zero-order chi connectivity index (χ0) is 15.2. The van der Waals surface area contributed by atoms with Gasteiger partial charge in [0.15, 0.2) is 0 Å². The Hall–Kier alpha value is -2.02. The van der Waals surface area contributed by atoms with Gasteiger partial charge in [0.05, 0.1) is 0 Å². The summed E-state index contributed by atoms with van der Waals surface area (Å²) in [6, 6.07) is 16.7. The maximum atomic E-state index is 5.71. The van der Waals surface area contributed by atoms with Crippen LogP contribution < -0.4 is 5.73 Å². The van der Waals surface area contributed by atoms with Crippen LogP contribution in [-0.2, 0) is 0 Å². The molecule has 1 fully saturated rings. The van der Waals surface area contributed by atoms with Gasteiger partial charge in [-0.3, -0.25) is 0 Å². The normalized spacial score (nSPS) is 13.8. The number of hydrogen-bond donors (Lipinski definition) is 1. The van der Waals surface area contributed by atoms with Crippen LogP contribution in [0.25, 0.3) is 16.7 Å². The maximum absolute atomic E-state index is 5.71. The van der Waals surface area contributed by atoms with Gasteiger partial charge in [-0.05, 0) is 53.2 Å². The number of nitrogen functional groups attached to an aromatic ring is 1. The van der Waals surface area contributed by atoms with Gasteiger partial charge in [0, 0.05) is 7.11 Å². The Balaban J connectivity index is 0.000000775. The van der Waals surface area contributed by atoms with E-state index < -0.39 is 0 Å². The van der Waals surface area contributed by atoms with Crippen molar-refractivity contribution in [2.45, 2.75) is 33.1 Å². The standard InChI is InChI=1S/C18H19N.C2H6.H2/c1-13(14-3-2-4-14)15-5-7-16(8-6-15)17-9-11-18(19)12-10-17;1-2;/h5-12,14H,1-4,19H2;1-2H3;1H. The first kappa shape index (κ1) is 15.4. The van der Waals surface area contributed by atoms with Crippen molar-refractivity contribution in [2.75, 3.05) is 5.73 Å². The van der Waals surface area contributed by atoms with Crippen LogP contribution >= 0.6 is 0 Å². The second-order valence-corrected chi connectivity index (χ2v) is 5.35. The first-order valence-electron chi connectivity index (χ1n) is 7.89. The van der Waals surface area contributed by atoms with E-state index in [1.165, 1.54) is 41.5 Å². The molecule has 0 saturated heterocycles. The minimum atomic E-state index is 0. The van der Waals surface area contributed by atoms with Crippen molar-refractivity contribution >= 4 is 11.3 Å². The van der Waals surface area contributed by atoms with E-state index in [2.05, 4.69) is 43.0 Å². The lowest BCUT2D eigenvalue weighted by atomic mass is 9.78. The minimum Gasteiger partial charge on any atom is -0.399 e. The minimum absolute atomic E-state index is 0. The summed E-state index contributed by atoms with van der Waals surface area (Å²) >= 11 is 0. The molecule has 0 aromatic heterocycles. The second kappa shape index (κ2) is 7.12. The molecule has 0 amide bonds. The smallest absolute Gasteiger partial charge is 0.0314 e. The van der Waals surface area contributed by atoms with Gasteiger partial charge in [0.25, 0.3) is 0 Å². The molecule has 1 heteroatoms. The summed E-state index contributed by atoms with van der Waals surface area (Å²) in [5.74, 6) is 0.711. The average Bonchev–Trinajstić information content (AvgIpc) is 2.48. The summed E-state index contributed by atoms with van der Waals surface area (Å²) in [6.45, 7) is 8.24. The summed E-state index contributed by atoms with van der Waals surface area (Å²) in [5.41, 5.74) is 11.5. The second-order valence-electron chi connectivity index (χ2n) is 5.35. The summed E-state index contributed by atoms with van der Waals surface area (Å²) in [4.78, 5) is 0. The van der Waals surface area contributed by atoms with Gasteiger partial charge < -0.3 is 5.73 Å². The molecular weight excluding hydrogens is 254 g/mol. The topological polar surface area (TPSA) is 26.0 Å². The van der Waals surface area contributed by atoms with Crippen molar-refractivity contribution < 1.29 is 1.43 Å². The molecule has 1 saturated carbocycles. The average molecular weight is 281 g/mol. The van der Waals surface area contributed by atoms with Crippen molar-refractivity contribution in [3.8, 4) is 11.1 Å². The molecule has 2 aromatic rings. The van der Waals surface area contributed by atoms with Gasteiger partial charge in [-0.15, -0.1) is 0 Å². The summed E-state index contributed by atoms with van der Waals surface area (Å²) in [6.07, 6.45) is 3.96. The highest BCUT2D eigenvalue weighted by atomic mass is 14.5. The summed E-state index contributed by atoms with van der Waals surface area (Å²) in [7, 11) is 0. The van der Waals surface area contributed by atoms with Crippen molar-refractivity contribution in [3.63, 3.8) is 0 Å². The van der Waals surface area contributed by atoms with Crippen LogP contribution in [0.15, 0.2) is 55.1 Å². The van der Waals surface area contributed by atoms with Gasteiger partial charge in [0.1, 0.15) is 0 Å². The van der Waals surface area contributed by atoms with E-state index in [-0.39, 0.29) is 1.43 Å². The zero-order valence-electron chi connectivity index (χ0n) is 13.1. The molecule has 0 bridgehead atoms. The molecule has 1 nitrogen and oxygen atoms in total. The molecule has 0 spiro atoms. The lowest BCUT2D eigenvalue weighted by molar-refractivity contribution is 0.401. The Morgan fingerprint density at radius 3 is 1.86 bits per heavy atom. The highest BCUT2D eigenvalue weighted by Crippen LogP contribution is 2.37. The largest absolute Gasteiger partial charge is 0.399 e. The summed E-state index contributed by atoms with van der Waals surface area (Å²) in [5, 5.41) is 0. The van der Waals surface area contributed by atoms with Gasteiger partial charge in [-0.1, -0.05) is 63.2 Å². The predicted molar refractivity (Wildman–Crippen MR) is 96.1 cm³/mol. The zero-order valence-corrected chi connectivity index (χ0v) is 13.1. The number of hydrogen-bond acceptors (Lipinski definition) is 1. The van der Waals surface area contributed by atoms with Crippen LogP contribution in [0.3, 0.4) is 0 Å². The van der Waals surface area contributed by atoms with Crippen molar-refractivity contribution in [3.05, 3.63) is 60.7 Å². The monoisotopic (exact) mass is 281 g/mol. The van der Waals surface area contributed by atoms with Crippen LogP contribution in [0.5, 0.6) is 0 Å². The molecule has 2 N–H and O–H groups in total. The maximum Gasteiger partial charge on any atom is 0.0314 e. The van der Waals surface area contributed by atoms with Gasteiger partial charge in [0.2, 0.25) is 0 Å². The first-order valence-corrected chi connectivity index (χ1v) is 7.89. The van der Waals surface area contributed by atoms with E-state index in [4.69, 9.17) is 5.73 Å². The van der Waals surface area contributed by atoms with E-state index in [9.17, 15) is 0 Å². The molecule has 112 valence electrons. The number of benzene rings is 2. The van der Waals surface area contributed by atoms with Crippen LogP contribution in [0, 0.1) is 5.92 Å². The number of nitrogens with two attached hydrogens (primary N) is 1. The lowest BCUT2D eigenvalue weighted by Crippen LogP contribution is -2.12. The molecule has 2 aromatic carbocycles. The van der Waals surface area contributed by atoms with Crippen LogP contribution in [0.1, 0.15) is 40.1 Å². The predicted octanol–water partition coefficient (Wildman–Crippen LogP) is 6.02.